The van der Waals surface area contributed by atoms with E-state index in [1.165, 1.54) is 12.6 Å². The fourth-order valence-corrected chi connectivity index (χ4v) is 5.29. The number of sulfonamides is 1. The van der Waals surface area contributed by atoms with Crippen molar-refractivity contribution in [3.05, 3.63) is 12.4 Å². The summed E-state index contributed by atoms with van der Waals surface area (Å²) in [6.45, 7) is 2.25. The molecule has 0 unspecified atom stereocenters. The van der Waals surface area contributed by atoms with Crippen LogP contribution in [0, 0.1) is 0 Å². The maximum absolute atomic E-state index is 12.2. The van der Waals surface area contributed by atoms with Crippen molar-refractivity contribution in [2.24, 2.45) is 0 Å². The fourth-order valence-electron chi connectivity index (χ4n) is 3.85. The Morgan fingerprint density at radius 1 is 1.13 bits per heavy atom. The largest absolute Gasteiger partial charge is 0.481 e. The molecule has 3 rings (SSSR count). The normalized spacial score (nSPS) is 22.3. The predicted octanol–water partition coefficient (Wildman–Crippen LogP) is 1.27. The second-order valence-electron chi connectivity index (χ2n) is 6.42. The third kappa shape index (κ3) is 3.28. The molecule has 0 radical (unpaired) electrons. The first-order chi connectivity index (χ1) is 10.9. The number of aromatic nitrogens is 2. The maximum Gasteiger partial charge on any atom is 0.218 e. The van der Waals surface area contributed by atoms with E-state index in [9.17, 15) is 8.42 Å². The summed E-state index contributed by atoms with van der Waals surface area (Å²) in [5.41, 5.74) is -0.209. The number of ether oxygens (including phenoxy) is 1. The van der Waals surface area contributed by atoms with Crippen LogP contribution in [0.25, 0.3) is 0 Å². The van der Waals surface area contributed by atoms with Crippen LogP contribution < -0.4 is 9.64 Å². The van der Waals surface area contributed by atoms with Gasteiger partial charge in [-0.05, 0) is 25.7 Å². The fraction of sp³-hybridized carbons (Fsp3) is 0.733. The number of anilines is 1. The number of hydrogen-bond donors (Lipinski definition) is 0. The monoisotopic (exact) mass is 340 g/mol. The molecule has 7 nitrogen and oxygen atoms in total. The van der Waals surface area contributed by atoms with Gasteiger partial charge in [-0.25, -0.2) is 18.4 Å². The van der Waals surface area contributed by atoms with Crippen LogP contribution in [0.2, 0.25) is 0 Å². The minimum Gasteiger partial charge on any atom is -0.481 e. The van der Waals surface area contributed by atoms with Gasteiger partial charge in [0.2, 0.25) is 15.9 Å². The summed E-state index contributed by atoms with van der Waals surface area (Å²) in [5, 5.41) is 0. The van der Waals surface area contributed by atoms with E-state index in [0.29, 0.717) is 12.4 Å². The molecule has 128 valence electrons. The van der Waals surface area contributed by atoms with Crippen molar-refractivity contribution < 1.29 is 13.2 Å². The predicted molar refractivity (Wildman–Crippen MR) is 88.2 cm³/mol. The lowest BCUT2D eigenvalue weighted by molar-refractivity contribution is 0.102. The van der Waals surface area contributed by atoms with Crippen molar-refractivity contribution in [3.63, 3.8) is 0 Å². The van der Waals surface area contributed by atoms with Gasteiger partial charge >= 0.3 is 0 Å². The third-order valence-electron chi connectivity index (χ3n) is 5.04. The quantitative estimate of drug-likeness (QED) is 0.825. The van der Waals surface area contributed by atoms with Gasteiger partial charge in [0.05, 0.1) is 13.4 Å². The summed E-state index contributed by atoms with van der Waals surface area (Å²) in [4.78, 5) is 10.5. The first kappa shape index (κ1) is 16.4. The van der Waals surface area contributed by atoms with E-state index < -0.39 is 10.0 Å². The molecule has 2 aliphatic heterocycles. The molecule has 1 aromatic rings. The van der Waals surface area contributed by atoms with Gasteiger partial charge in [-0.2, -0.15) is 4.31 Å². The lowest BCUT2D eigenvalue weighted by Crippen LogP contribution is -2.59. The molecule has 2 fully saturated rings. The lowest BCUT2D eigenvalue weighted by atomic mass is 9.80. The van der Waals surface area contributed by atoms with Crippen LogP contribution in [-0.4, -0.2) is 61.2 Å². The minimum atomic E-state index is -3.16. The highest BCUT2D eigenvalue weighted by Gasteiger charge is 2.45. The second kappa shape index (κ2) is 6.24. The SMILES string of the molecule is COc1cc(N2CCC3(CCCCN3S(C)(=O)=O)CC2)ncn1. The molecule has 1 aromatic heterocycles. The molecule has 0 bridgehead atoms. The van der Waals surface area contributed by atoms with Gasteiger partial charge in [0.15, 0.2) is 0 Å². The zero-order chi connectivity index (χ0) is 16.5. The summed E-state index contributed by atoms with van der Waals surface area (Å²) >= 11 is 0. The highest BCUT2D eigenvalue weighted by molar-refractivity contribution is 7.88. The van der Waals surface area contributed by atoms with Crippen LogP contribution >= 0.6 is 0 Å². The van der Waals surface area contributed by atoms with Crippen molar-refractivity contribution in [1.82, 2.24) is 14.3 Å². The van der Waals surface area contributed by atoms with Crippen molar-refractivity contribution in [2.75, 3.05) is 37.9 Å². The number of rotatable bonds is 3. The summed E-state index contributed by atoms with van der Waals surface area (Å²) in [7, 11) is -1.57. The van der Waals surface area contributed by atoms with Gasteiger partial charge in [0, 0.05) is 31.2 Å². The van der Waals surface area contributed by atoms with Gasteiger partial charge < -0.3 is 9.64 Å². The lowest BCUT2D eigenvalue weighted by Gasteiger charge is -2.50. The molecule has 23 heavy (non-hydrogen) atoms. The van der Waals surface area contributed by atoms with E-state index in [2.05, 4.69) is 14.9 Å². The standard InChI is InChI=1S/C15H24N4O3S/c1-22-14-11-13(16-12-17-14)18-9-6-15(7-10-18)5-3-4-8-19(15)23(2,20)21/h11-12H,3-10H2,1-2H3. The van der Waals surface area contributed by atoms with Gasteiger partial charge in [-0.3, -0.25) is 0 Å². The van der Waals surface area contributed by atoms with E-state index in [1.807, 2.05) is 6.07 Å². The molecule has 0 aliphatic carbocycles. The molecule has 2 saturated heterocycles. The Morgan fingerprint density at radius 3 is 2.52 bits per heavy atom. The van der Waals surface area contributed by atoms with E-state index >= 15 is 0 Å². The van der Waals surface area contributed by atoms with Gasteiger partial charge in [-0.1, -0.05) is 6.42 Å². The molecule has 0 atom stereocenters. The number of nitrogens with zero attached hydrogens (tertiary/aromatic N) is 4. The third-order valence-corrected chi connectivity index (χ3v) is 6.41. The Morgan fingerprint density at radius 2 is 1.87 bits per heavy atom. The van der Waals surface area contributed by atoms with Crippen LogP contribution in [0.5, 0.6) is 5.88 Å². The zero-order valence-electron chi connectivity index (χ0n) is 13.7. The van der Waals surface area contributed by atoms with Crippen LogP contribution in [-0.2, 0) is 10.0 Å². The van der Waals surface area contributed by atoms with Gasteiger partial charge in [0.25, 0.3) is 0 Å². The highest BCUT2D eigenvalue weighted by Crippen LogP contribution is 2.39. The molecule has 0 saturated carbocycles. The highest BCUT2D eigenvalue weighted by atomic mass is 32.2. The molecule has 3 heterocycles. The van der Waals surface area contributed by atoms with Crippen molar-refractivity contribution in [3.8, 4) is 5.88 Å². The average Bonchev–Trinajstić information content (AvgIpc) is 2.55. The Hall–Kier alpha value is -1.41. The minimum absolute atomic E-state index is 0.209. The van der Waals surface area contributed by atoms with Gasteiger partial charge in [-0.15, -0.1) is 0 Å². The van der Waals surface area contributed by atoms with Crippen LogP contribution in [0.1, 0.15) is 32.1 Å². The smallest absolute Gasteiger partial charge is 0.218 e. The van der Waals surface area contributed by atoms with Crippen LogP contribution in [0.15, 0.2) is 12.4 Å². The number of piperidine rings is 2. The molecular formula is C15H24N4O3S. The Balaban J connectivity index is 1.76. The maximum atomic E-state index is 12.2. The molecule has 0 aromatic carbocycles. The zero-order valence-corrected chi connectivity index (χ0v) is 14.5. The van der Waals surface area contributed by atoms with Gasteiger partial charge in [0.1, 0.15) is 12.1 Å². The van der Waals surface area contributed by atoms with Crippen LogP contribution in [0.4, 0.5) is 5.82 Å². The van der Waals surface area contributed by atoms with Crippen molar-refractivity contribution in [2.45, 2.75) is 37.6 Å². The van der Waals surface area contributed by atoms with E-state index in [-0.39, 0.29) is 5.54 Å². The Kier molecular flexibility index (Phi) is 4.46. The second-order valence-corrected chi connectivity index (χ2v) is 8.33. The number of hydrogen-bond acceptors (Lipinski definition) is 6. The summed E-state index contributed by atoms with van der Waals surface area (Å²) in [5.74, 6) is 1.39. The molecule has 0 N–H and O–H groups in total. The number of methoxy groups -OCH3 is 1. The summed E-state index contributed by atoms with van der Waals surface area (Å²) in [6.07, 6.45) is 7.54. The molecular weight excluding hydrogens is 316 g/mol. The van der Waals surface area contributed by atoms with Crippen molar-refractivity contribution >= 4 is 15.8 Å². The molecule has 8 heteroatoms. The van der Waals surface area contributed by atoms with E-state index in [4.69, 9.17) is 4.74 Å². The first-order valence-corrected chi connectivity index (χ1v) is 9.88. The first-order valence-electron chi connectivity index (χ1n) is 8.03. The molecule has 2 aliphatic rings. The molecule has 1 spiro atoms. The average molecular weight is 340 g/mol. The summed E-state index contributed by atoms with van der Waals surface area (Å²) < 4.78 is 31.2. The molecule has 0 amide bonds. The topological polar surface area (TPSA) is 75.6 Å². The van der Waals surface area contributed by atoms with E-state index in [1.54, 1.807) is 11.4 Å². The Bertz CT molecular complexity index is 656. The summed E-state index contributed by atoms with van der Waals surface area (Å²) in [6, 6.07) is 1.83. The van der Waals surface area contributed by atoms with E-state index in [0.717, 1.165) is 51.0 Å². The Labute approximate surface area is 137 Å². The van der Waals surface area contributed by atoms with Crippen LogP contribution in [0.3, 0.4) is 0 Å². The van der Waals surface area contributed by atoms with Crippen molar-refractivity contribution in [1.29, 1.82) is 0 Å².